The molecule has 1 aliphatic heterocycles. The Balaban J connectivity index is 1.68. The van der Waals surface area contributed by atoms with Crippen LogP contribution in [0.5, 0.6) is 0 Å². The second kappa shape index (κ2) is 7.38. The van der Waals surface area contributed by atoms with Crippen LogP contribution >= 0.6 is 11.6 Å². The number of pyridine rings is 1. The lowest BCUT2D eigenvalue weighted by Gasteiger charge is -2.32. The zero-order chi connectivity index (χ0) is 18.9. The number of rotatable bonds is 4. The molecule has 1 aliphatic rings. The van der Waals surface area contributed by atoms with Crippen LogP contribution in [0, 0.1) is 0 Å². The summed E-state index contributed by atoms with van der Waals surface area (Å²) in [6.07, 6.45) is 5.56. The van der Waals surface area contributed by atoms with E-state index < -0.39 is 16.1 Å². The Hall–Kier alpha value is -2.29. The van der Waals surface area contributed by atoms with Crippen molar-refractivity contribution in [3.05, 3.63) is 59.7 Å². The van der Waals surface area contributed by atoms with Gasteiger partial charge in [-0.25, -0.2) is 8.42 Å². The molecule has 4 rings (SSSR count). The van der Waals surface area contributed by atoms with Gasteiger partial charge >= 0.3 is 0 Å². The molecule has 2 aromatic heterocycles. The minimum Gasteiger partial charge on any atom is -0.419 e. The summed E-state index contributed by atoms with van der Waals surface area (Å²) in [5.41, 5.74) is 0.691. The Morgan fingerprint density at radius 3 is 2.81 bits per heavy atom. The molecule has 9 heteroatoms. The van der Waals surface area contributed by atoms with Crippen LogP contribution in [0.25, 0.3) is 11.5 Å². The largest absolute Gasteiger partial charge is 0.419 e. The highest BCUT2D eigenvalue weighted by molar-refractivity contribution is 7.89. The number of hydrogen-bond acceptors (Lipinski definition) is 6. The zero-order valence-corrected chi connectivity index (χ0v) is 15.9. The molecule has 0 radical (unpaired) electrons. The van der Waals surface area contributed by atoms with Crippen molar-refractivity contribution in [2.45, 2.75) is 30.2 Å². The van der Waals surface area contributed by atoms with Crippen molar-refractivity contribution in [2.24, 2.45) is 0 Å². The third-order valence-corrected chi connectivity index (χ3v) is 6.63. The molecule has 140 valence electrons. The van der Waals surface area contributed by atoms with Crippen LogP contribution in [0.3, 0.4) is 0 Å². The van der Waals surface area contributed by atoms with E-state index in [1.165, 1.54) is 10.4 Å². The maximum atomic E-state index is 13.2. The fourth-order valence-electron chi connectivity index (χ4n) is 3.18. The molecule has 3 aromatic rings. The highest BCUT2D eigenvalue weighted by atomic mass is 35.5. The van der Waals surface area contributed by atoms with Gasteiger partial charge in [-0.1, -0.05) is 24.1 Å². The van der Waals surface area contributed by atoms with Crippen LogP contribution in [-0.4, -0.2) is 34.4 Å². The van der Waals surface area contributed by atoms with Crippen LogP contribution in [0.2, 0.25) is 5.02 Å². The molecule has 0 spiro atoms. The van der Waals surface area contributed by atoms with Crippen molar-refractivity contribution in [3.63, 3.8) is 0 Å². The van der Waals surface area contributed by atoms with Gasteiger partial charge in [0.2, 0.25) is 21.8 Å². The Bertz CT molecular complexity index is 1040. The van der Waals surface area contributed by atoms with Crippen LogP contribution in [0.15, 0.2) is 58.1 Å². The molecule has 0 amide bonds. The number of piperidine rings is 1. The average molecular weight is 405 g/mol. The Morgan fingerprint density at radius 2 is 2.04 bits per heavy atom. The molecule has 0 unspecified atom stereocenters. The Morgan fingerprint density at radius 1 is 1.15 bits per heavy atom. The molecular weight excluding hydrogens is 388 g/mol. The highest BCUT2D eigenvalue weighted by Gasteiger charge is 2.37. The predicted octanol–water partition coefficient (Wildman–Crippen LogP) is 3.70. The second-order valence-corrected chi connectivity index (χ2v) is 8.60. The third kappa shape index (κ3) is 3.60. The smallest absolute Gasteiger partial charge is 0.249 e. The lowest BCUT2D eigenvalue weighted by Crippen LogP contribution is -2.38. The Kier molecular flexibility index (Phi) is 4.94. The first-order chi connectivity index (χ1) is 13.1. The monoisotopic (exact) mass is 404 g/mol. The molecule has 0 aliphatic carbocycles. The maximum absolute atomic E-state index is 13.2. The number of nitrogens with zero attached hydrogens (tertiary/aromatic N) is 4. The summed E-state index contributed by atoms with van der Waals surface area (Å²) in [6.45, 7) is 0.393. The van der Waals surface area contributed by atoms with Gasteiger partial charge in [-0.15, -0.1) is 10.2 Å². The summed E-state index contributed by atoms with van der Waals surface area (Å²) >= 11 is 5.98. The van der Waals surface area contributed by atoms with E-state index in [1.54, 1.807) is 36.7 Å². The predicted molar refractivity (Wildman–Crippen MR) is 99.5 cm³/mol. The fourth-order valence-corrected chi connectivity index (χ4v) is 5.13. The van der Waals surface area contributed by atoms with E-state index in [4.69, 9.17) is 16.0 Å². The van der Waals surface area contributed by atoms with Gasteiger partial charge in [0, 0.05) is 24.0 Å². The molecule has 0 N–H and O–H groups in total. The minimum absolute atomic E-state index is 0.161. The van der Waals surface area contributed by atoms with Crippen LogP contribution in [0.4, 0.5) is 0 Å². The molecule has 27 heavy (non-hydrogen) atoms. The molecule has 7 nitrogen and oxygen atoms in total. The summed E-state index contributed by atoms with van der Waals surface area (Å²) in [6, 6.07) is 9.36. The number of aromatic nitrogens is 3. The average Bonchev–Trinajstić information content (AvgIpc) is 3.19. The topological polar surface area (TPSA) is 89.2 Å². The van der Waals surface area contributed by atoms with E-state index in [-0.39, 0.29) is 4.90 Å². The van der Waals surface area contributed by atoms with Crippen LogP contribution in [-0.2, 0) is 10.0 Å². The maximum Gasteiger partial charge on any atom is 0.249 e. The molecular formula is C18H17ClN4O3S. The SMILES string of the molecule is O=S(=O)(c1cccc(Cl)c1)N1CCCC[C@H]1c1nnc(-c2cccnc2)o1. The van der Waals surface area contributed by atoms with Crippen molar-refractivity contribution in [1.82, 2.24) is 19.5 Å². The van der Waals surface area contributed by atoms with Gasteiger partial charge in [-0.05, 0) is 43.2 Å². The fraction of sp³-hybridized carbons (Fsp3) is 0.278. The number of benzene rings is 1. The standard InChI is InChI=1S/C18H17ClN4O3S/c19-14-6-3-7-15(11-14)27(24,25)23-10-2-1-8-16(23)18-22-21-17(26-18)13-5-4-9-20-12-13/h3-7,9,11-12,16H,1-2,8,10H2/t16-/m0/s1. The third-order valence-electron chi connectivity index (χ3n) is 4.49. The second-order valence-electron chi connectivity index (χ2n) is 6.27. The van der Waals surface area contributed by atoms with Gasteiger partial charge in [-0.3, -0.25) is 4.98 Å². The summed E-state index contributed by atoms with van der Waals surface area (Å²) in [5.74, 6) is 0.614. The van der Waals surface area contributed by atoms with Gasteiger partial charge in [0.15, 0.2) is 0 Å². The summed E-state index contributed by atoms with van der Waals surface area (Å²) in [7, 11) is -3.73. The van der Waals surface area contributed by atoms with E-state index >= 15 is 0 Å². The van der Waals surface area contributed by atoms with Crippen LogP contribution in [0.1, 0.15) is 31.2 Å². The van der Waals surface area contributed by atoms with Gasteiger partial charge in [-0.2, -0.15) is 4.31 Å². The molecule has 0 bridgehead atoms. The first-order valence-electron chi connectivity index (χ1n) is 8.57. The molecule has 1 fully saturated rings. The van der Waals surface area contributed by atoms with Crippen molar-refractivity contribution in [3.8, 4) is 11.5 Å². The quantitative estimate of drug-likeness (QED) is 0.658. The van der Waals surface area contributed by atoms with E-state index in [0.29, 0.717) is 35.3 Å². The van der Waals surface area contributed by atoms with Gasteiger partial charge in [0.1, 0.15) is 6.04 Å². The normalized spacial score (nSPS) is 18.5. The highest BCUT2D eigenvalue weighted by Crippen LogP contribution is 2.36. The van der Waals surface area contributed by atoms with E-state index in [1.807, 2.05) is 6.07 Å². The van der Waals surface area contributed by atoms with Gasteiger partial charge < -0.3 is 4.42 Å². The van der Waals surface area contributed by atoms with E-state index in [9.17, 15) is 8.42 Å². The lowest BCUT2D eigenvalue weighted by molar-refractivity contribution is 0.220. The van der Waals surface area contributed by atoms with Crippen molar-refractivity contribution in [2.75, 3.05) is 6.54 Å². The molecule has 0 saturated carbocycles. The summed E-state index contributed by atoms with van der Waals surface area (Å²) < 4.78 is 33.6. The summed E-state index contributed by atoms with van der Waals surface area (Å²) in [5, 5.41) is 8.56. The number of hydrogen-bond donors (Lipinski definition) is 0. The zero-order valence-electron chi connectivity index (χ0n) is 14.3. The van der Waals surface area contributed by atoms with Crippen molar-refractivity contribution >= 4 is 21.6 Å². The van der Waals surface area contributed by atoms with E-state index in [0.717, 1.165) is 12.8 Å². The molecule has 1 saturated heterocycles. The van der Waals surface area contributed by atoms with Crippen molar-refractivity contribution < 1.29 is 12.8 Å². The lowest BCUT2D eigenvalue weighted by atomic mass is 10.1. The van der Waals surface area contributed by atoms with Crippen LogP contribution < -0.4 is 0 Å². The molecule has 1 aromatic carbocycles. The van der Waals surface area contributed by atoms with E-state index in [2.05, 4.69) is 15.2 Å². The van der Waals surface area contributed by atoms with Gasteiger partial charge in [0.25, 0.3) is 0 Å². The first-order valence-corrected chi connectivity index (χ1v) is 10.4. The van der Waals surface area contributed by atoms with Crippen molar-refractivity contribution in [1.29, 1.82) is 0 Å². The molecule has 1 atom stereocenters. The minimum atomic E-state index is -3.73. The summed E-state index contributed by atoms with van der Waals surface area (Å²) in [4.78, 5) is 4.20. The first kappa shape index (κ1) is 18.1. The molecule has 3 heterocycles. The van der Waals surface area contributed by atoms with Gasteiger partial charge in [0.05, 0.1) is 10.5 Å². The number of halogens is 1. The number of sulfonamides is 1. The Labute approximate surface area is 162 Å².